The molecular weight excluding hydrogens is 319 g/mol. The third-order valence-electron chi connectivity index (χ3n) is 4.58. The molecule has 0 saturated carbocycles. The average molecular weight is 343 g/mol. The number of halogens is 2. The maximum absolute atomic E-state index is 10.8. The summed E-state index contributed by atoms with van der Waals surface area (Å²) in [5, 5.41) is 11.9. The summed E-state index contributed by atoms with van der Waals surface area (Å²) >= 11 is 0. The number of aryl methyl sites for hydroxylation is 2. The molecule has 2 aromatic rings. The molecule has 1 aliphatic heterocycles. The summed E-state index contributed by atoms with van der Waals surface area (Å²) in [4.78, 5) is 6.97. The molecule has 3 rings (SSSR count). The summed E-state index contributed by atoms with van der Waals surface area (Å²) in [7, 11) is 2.09. The number of likely N-dealkylation sites (N-methyl/N-ethyl adjacent to an activating group) is 1. The fourth-order valence-corrected chi connectivity index (χ4v) is 3.20. The molecule has 2 heterocycles. The lowest BCUT2D eigenvalue weighted by Gasteiger charge is -2.26. The molecule has 2 atom stereocenters. The van der Waals surface area contributed by atoms with Gasteiger partial charge in [0.25, 0.3) is 0 Å². The number of nitrogens with zero attached hydrogens (tertiary/aromatic N) is 2. The number of benzene rings is 1. The van der Waals surface area contributed by atoms with Crippen molar-refractivity contribution < 1.29 is 5.11 Å². The van der Waals surface area contributed by atoms with E-state index in [4.69, 9.17) is 4.98 Å². The van der Waals surface area contributed by atoms with E-state index in [0.717, 1.165) is 41.5 Å². The Morgan fingerprint density at radius 1 is 1.27 bits per heavy atom. The molecule has 5 heteroatoms. The largest absolute Gasteiger partial charge is 0.387 e. The maximum atomic E-state index is 10.8. The number of para-hydroxylation sites is 1. The molecule has 1 N–H and O–H groups in total. The topological polar surface area (TPSA) is 36.4 Å². The number of likely N-dealkylation sites (tertiary alicyclic amines) is 1. The van der Waals surface area contributed by atoms with Crippen LogP contribution in [-0.2, 0) is 0 Å². The van der Waals surface area contributed by atoms with Crippen LogP contribution in [0.25, 0.3) is 10.9 Å². The second-order valence-electron chi connectivity index (χ2n) is 5.94. The van der Waals surface area contributed by atoms with Gasteiger partial charge >= 0.3 is 0 Å². The van der Waals surface area contributed by atoms with Crippen LogP contribution in [0.4, 0.5) is 0 Å². The molecular formula is C17H24Cl2N2O. The summed E-state index contributed by atoms with van der Waals surface area (Å²) in [6, 6.07) is 8.48. The predicted molar refractivity (Wildman–Crippen MR) is 96.3 cm³/mol. The van der Waals surface area contributed by atoms with E-state index in [0.29, 0.717) is 0 Å². The van der Waals surface area contributed by atoms with Crippen molar-refractivity contribution in [1.29, 1.82) is 0 Å². The Hall–Kier alpha value is -0.870. The van der Waals surface area contributed by atoms with Gasteiger partial charge in [0.1, 0.15) is 0 Å². The van der Waals surface area contributed by atoms with Gasteiger partial charge in [0.15, 0.2) is 0 Å². The number of hydrogen-bond donors (Lipinski definition) is 1. The lowest BCUT2D eigenvalue weighted by atomic mass is 9.97. The fourth-order valence-electron chi connectivity index (χ4n) is 3.20. The molecule has 0 amide bonds. The van der Waals surface area contributed by atoms with Crippen LogP contribution in [0.5, 0.6) is 0 Å². The maximum Gasteiger partial charge on any atom is 0.0966 e. The van der Waals surface area contributed by atoms with E-state index in [-0.39, 0.29) is 30.9 Å². The molecule has 22 heavy (non-hydrogen) atoms. The molecule has 2 unspecified atom stereocenters. The monoisotopic (exact) mass is 342 g/mol. The van der Waals surface area contributed by atoms with E-state index in [1.54, 1.807) is 0 Å². The standard InChI is InChI=1S/C17H22N2O.2ClH/c1-11-10-13-6-4-7-14(16(13)18-12(11)2)17(20)15-8-5-9-19(15)3;;/h4,6-7,10,15,17,20H,5,8-9H2,1-3H3;2*1H. The molecule has 1 aromatic heterocycles. The van der Waals surface area contributed by atoms with Crippen molar-refractivity contribution in [2.24, 2.45) is 0 Å². The van der Waals surface area contributed by atoms with E-state index in [1.807, 2.05) is 19.1 Å². The Morgan fingerprint density at radius 3 is 2.64 bits per heavy atom. The highest BCUT2D eigenvalue weighted by Crippen LogP contribution is 2.32. The highest BCUT2D eigenvalue weighted by atomic mass is 35.5. The minimum absolute atomic E-state index is 0. The molecule has 0 radical (unpaired) electrons. The van der Waals surface area contributed by atoms with E-state index in [1.165, 1.54) is 5.56 Å². The van der Waals surface area contributed by atoms with Gasteiger partial charge in [-0.25, -0.2) is 0 Å². The Bertz CT molecular complexity index is 648. The second kappa shape index (κ2) is 7.60. The number of aromatic nitrogens is 1. The Kier molecular flexibility index (Phi) is 6.63. The van der Waals surface area contributed by atoms with Crippen molar-refractivity contribution in [1.82, 2.24) is 9.88 Å². The third-order valence-corrected chi connectivity index (χ3v) is 4.58. The quantitative estimate of drug-likeness (QED) is 0.901. The van der Waals surface area contributed by atoms with Crippen LogP contribution < -0.4 is 0 Å². The lowest BCUT2D eigenvalue weighted by Crippen LogP contribution is -2.31. The van der Waals surface area contributed by atoms with Gasteiger partial charge in [-0.2, -0.15) is 0 Å². The first-order valence-electron chi connectivity index (χ1n) is 7.33. The molecule has 0 aliphatic carbocycles. The molecule has 1 aliphatic rings. The van der Waals surface area contributed by atoms with Gasteiger partial charge < -0.3 is 10.0 Å². The fraction of sp³-hybridized carbons (Fsp3) is 0.471. The van der Waals surface area contributed by atoms with Crippen molar-refractivity contribution in [3.8, 4) is 0 Å². The highest BCUT2D eigenvalue weighted by Gasteiger charge is 2.30. The number of aliphatic hydroxyl groups excluding tert-OH is 1. The van der Waals surface area contributed by atoms with Gasteiger partial charge in [0.05, 0.1) is 11.6 Å². The van der Waals surface area contributed by atoms with E-state index < -0.39 is 6.10 Å². The van der Waals surface area contributed by atoms with Gasteiger partial charge in [-0.05, 0) is 51.9 Å². The summed E-state index contributed by atoms with van der Waals surface area (Å²) < 4.78 is 0. The first-order chi connectivity index (χ1) is 9.58. The molecule has 0 spiro atoms. The Balaban J connectivity index is 0.00000121. The number of pyridine rings is 1. The highest BCUT2D eigenvalue weighted by molar-refractivity contribution is 5.85. The van der Waals surface area contributed by atoms with E-state index in [2.05, 4.69) is 31.0 Å². The van der Waals surface area contributed by atoms with Crippen molar-refractivity contribution >= 4 is 35.7 Å². The zero-order valence-electron chi connectivity index (χ0n) is 13.2. The van der Waals surface area contributed by atoms with Crippen LogP contribution in [0.3, 0.4) is 0 Å². The number of aliphatic hydroxyl groups is 1. The number of rotatable bonds is 2. The molecule has 1 aromatic carbocycles. The number of fused-ring (bicyclic) bond motifs is 1. The van der Waals surface area contributed by atoms with Crippen LogP contribution in [0.1, 0.15) is 35.8 Å². The van der Waals surface area contributed by atoms with Gasteiger partial charge in [-0.1, -0.05) is 18.2 Å². The molecule has 1 fully saturated rings. The van der Waals surface area contributed by atoms with E-state index in [9.17, 15) is 5.11 Å². The third kappa shape index (κ3) is 3.38. The van der Waals surface area contributed by atoms with Crippen LogP contribution in [-0.4, -0.2) is 34.6 Å². The normalized spacial score (nSPS) is 19.5. The SMILES string of the molecule is Cc1cc2cccc(C(O)C3CCCN3C)c2nc1C.Cl.Cl. The first kappa shape index (κ1) is 19.2. The smallest absolute Gasteiger partial charge is 0.0966 e. The minimum atomic E-state index is -0.458. The zero-order valence-corrected chi connectivity index (χ0v) is 14.9. The van der Waals surface area contributed by atoms with Gasteiger partial charge in [0.2, 0.25) is 0 Å². The molecule has 3 nitrogen and oxygen atoms in total. The van der Waals surface area contributed by atoms with Crippen molar-refractivity contribution in [3.05, 3.63) is 41.1 Å². The summed E-state index contributed by atoms with van der Waals surface area (Å²) in [6.07, 6.45) is 1.76. The average Bonchev–Trinajstić information content (AvgIpc) is 2.85. The van der Waals surface area contributed by atoms with Crippen LogP contribution >= 0.6 is 24.8 Å². The van der Waals surface area contributed by atoms with Crippen molar-refractivity contribution in [2.75, 3.05) is 13.6 Å². The van der Waals surface area contributed by atoms with Crippen LogP contribution in [0, 0.1) is 13.8 Å². The van der Waals surface area contributed by atoms with Crippen LogP contribution in [0.2, 0.25) is 0 Å². The van der Waals surface area contributed by atoms with Crippen molar-refractivity contribution in [2.45, 2.75) is 38.8 Å². The summed E-state index contributed by atoms with van der Waals surface area (Å²) in [6.45, 7) is 5.17. The zero-order chi connectivity index (χ0) is 14.3. The van der Waals surface area contributed by atoms with E-state index >= 15 is 0 Å². The van der Waals surface area contributed by atoms with Gasteiger partial charge in [0, 0.05) is 22.7 Å². The summed E-state index contributed by atoms with van der Waals surface area (Å²) in [5.74, 6) is 0. The predicted octanol–water partition coefficient (Wildman–Crippen LogP) is 3.82. The lowest BCUT2D eigenvalue weighted by molar-refractivity contribution is 0.0867. The minimum Gasteiger partial charge on any atom is -0.387 e. The molecule has 0 bridgehead atoms. The summed E-state index contributed by atoms with van der Waals surface area (Å²) in [5.41, 5.74) is 4.15. The molecule has 122 valence electrons. The van der Waals surface area contributed by atoms with Crippen molar-refractivity contribution in [3.63, 3.8) is 0 Å². The first-order valence-corrected chi connectivity index (χ1v) is 7.33. The Morgan fingerprint density at radius 2 is 2.00 bits per heavy atom. The molecule has 1 saturated heterocycles. The Labute approximate surface area is 144 Å². The second-order valence-corrected chi connectivity index (χ2v) is 5.94. The van der Waals surface area contributed by atoms with Crippen LogP contribution in [0.15, 0.2) is 24.3 Å². The van der Waals surface area contributed by atoms with Gasteiger partial charge in [-0.3, -0.25) is 4.98 Å². The van der Waals surface area contributed by atoms with Gasteiger partial charge in [-0.15, -0.1) is 24.8 Å². The number of hydrogen-bond acceptors (Lipinski definition) is 3.